The summed E-state index contributed by atoms with van der Waals surface area (Å²) in [6, 6.07) is 7.60. The minimum atomic E-state index is -4.61. The van der Waals surface area contributed by atoms with Gasteiger partial charge in [-0.2, -0.15) is 18.4 Å². The molecular weight excluding hydrogens is 269 g/mol. The molecule has 0 aliphatic carbocycles. The van der Waals surface area contributed by atoms with Crippen molar-refractivity contribution in [2.45, 2.75) is 11.9 Å². The second kappa shape index (κ2) is 5.37. The van der Waals surface area contributed by atoms with Crippen LogP contribution >= 0.6 is 0 Å². The summed E-state index contributed by atoms with van der Waals surface area (Å²) in [7, 11) is -4.12. The van der Waals surface area contributed by atoms with Gasteiger partial charge in [-0.05, 0) is 11.6 Å². The minimum Gasteiger partial charge on any atom is -0.212 e. The number of sulfonamides is 1. The van der Waals surface area contributed by atoms with Gasteiger partial charge >= 0.3 is 6.18 Å². The third kappa shape index (κ3) is 4.73. The summed E-state index contributed by atoms with van der Waals surface area (Å²) in [5.41, 5.74) is 0.282. The van der Waals surface area contributed by atoms with Crippen LogP contribution in [0.1, 0.15) is 11.1 Å². The van der Waals surface area contributed by atoms with Crippen molar-refractivity contribution in [3.63, 3.8) is 0 Å². The molecule has 0 aromatic heterocycles. The first kappa shape index (κ1) is 14.5. The highest BCUT2D eigenvalue weighted by atomic mass is 32.2. The third-order valence-corrected chi connectivity index (χ3v) is 3.25. The molecule has 18 heavy (non-hydrogen) atoms. The molecule has 0 aliphatic rings. The Balaban J connectivity index is 2.81. The molecule has 0 radical (unpaired) electrons. The van der Waals surface area contributed by atoms with E-state index in [-0.39, 0.29) is 11.1 Å². The summed E-state index contributed by atoms with van der Waals surface area (Å²) in [6.45, 7) is -1.62. The van der Waals surface area contributed by atoms with Crippen LogP contribution in [0.3, 0.4) is 0 Å². The maximum absolute atomic E-state index is 11.9. The molecular formula is C10H9F3N2O2S. The van der Waals surface area contributed by atoms with Gasteiger partial charge in [-0.25, -0.2) is 13.1 Å². The van der Waals surface area contributed by atoms with E-state index in [9.17, 15) is 21.6 Å². The largest absolute Gasteiger partial charge is 0.402 e. The van der Waals surface area contributed by atoms with Crippen LogP contribution in [0.15, 0.2) is 24.3 Å². The Morgan fingerprint density at radius 3 is 2.44 bits per heavy atom. The fraction of sp³-hybridized carbons (Fsp3) is 0.300. The standard InChI is InChI=1S/C10H9F3N2O2S/c11-10(12,13)7-15-18(16,17)6-9-4-2-1-3-8(9)5-14/h1-4,15H,6-7H2. The van der Waals surface area contributed by atoms with Gasteiger partial charge in [0.15, 0.2) is 0 Å². The number of alkyl halides is 3. The van der Waals surface area contributed by atoms with Crippen molar-refractivity contribution in [3.05, 3.63) is 35.4 Å². The van der Waals surface area contributed by atoms with Gasteiger partial charge in [0.05, 0.1) is 17.4 Å². The van der Waals surface area contributed by atoms with Crippen LogP contribution < -0.4 is 4.72 Å². The maximum atomic E-state index is 11.9. The molecule has 0 spiro atoms. The Bertz CT molecular complexity index is 561. The predicted molar refractivity (Wildman–Crippen MR) is 57.8 cm³/mol. The van der Waals surface area contributed by atoms with E-state index in [2.05, 4.69) is 0 Å². The molecule has 98 valence electrons. The van der Waals surface area contributed by atoms with Crippen molar-refractivity contribution in [2.75, 3.05) is 6.54 Å². The number of hydrogen-bond acceptors (Lipinski definition) is 3. The molecule has 1 rings (SSSR count). The molecule has 0 bridgehead atoms. The zero-order chi connectivity index (χ0) is 13.8. The Labute approximate surface area is 102 Å². The molecule has 0 amide bonds. The Hall–Kier alpha value is -1.59. The van der Waals surface area contributed by atoms with Gasteiger partial charge in [0, 0.05) is 0 Å². The van der Waals surface area contributed by atoms with Crippen LogP contribution in [0.4, 0.5) is 13.2 Å². The van der Waals surface area contributed by atoms with Crippen LogP contribution in [0, 0.1) is 11.3 Å². The second-order valence-electron chi connectivity index (χ2n) is 3.46. The van der Waals surface area contributed by atoms with E-state index < -0.39 is 28.5 Å². The van der Waals surface area contributed by atoms with Crippen molar-refractivity contribution in [1.82, 2.24) is 4.72 Å². The smallest absolute Gasteiger partial charge is 0.212 e. The lowest BCUT2D eigenvalue weighted by molar-refractivity contribution is -0.121. The number of nitrogens with one attached hydrogen (secondary N) is 1. The summed E-state index contributed by atoms with van der Waals surface area (Å²) in [5.74, 6) is -0.660. The Kier molecular flexibility index (Phi) is 4.32. The van der Waals surface area contributed by atoms with Gasteiger partial charge in [-0.1, -0.05) is 18.2 Å². The first-order chi connectivity index (χ1) is 8.23. The average Bonchev–Trinajstić information content (AvgIpc) is 2.26. The van der Waals surface area contributed by atoms with Gasteiger partial charge < -0.3 is 0 Å². The van der Waals surface area contributed by atoms with Crippen LogP contribution in [0.5, 0.6) is 0 Å². The van der Waals surface area contributed by atoms with Crippen LogP contribution in [-0.2, 0) is 15.8 Å². The van der Waals surface area contributed by atoms with Crippen molar-refractivity contribution < 1.29 is 21.6 Å². The second-order valence-corrected chi connectivity index (χ2v) is 5.27. The van der Waals surface area contributed by atoms with Crippen molar-refractivity contribution in [3.8, 4) is 6.07 Å². The van der Waals surface area contributed by atoms with Gasteiger partial charge in [-0.15, -0.1) is 0 Å². The molecule has 0 atom stereocenters. The van der Waals surface area contributed by atoms with Gasteiger partial charge in [0.25, 0.3) is 0 Å². The number of benzene rings is 1. The molecule has 1 aromatic carbocycles. The van der Waals surface area contributed by atoms with E-state index in [4.69, 9.17) is 5.26 Å². The van der Waals surface area contributed by atoms with E-state index in [1.807, 2.05) is 0 Å². The zero-order valence-corrected chi connectivity index (χ0v) is 9.85. The molecule has 0 unspecified atom stereocenters. The lowest BCUT2D eigenvalue weighted by Gasteiger charge is -2.09. The van der Waals surface area contributed by atoms with E-state index >= 15 is 0 Å². The predicted octanol–water partition coefficient (Wildman–Crippen LogP) is 1.54. The highest BCUT2D eigenvalue weighted by Gasteiger charge is 2.29. The van der Waals surface area contributed by atoms with E-state index in [0.29, 0.717) is 0 Å². The first-order valence-electron chi connectivity index (χ1n) is 4.75. The summed E-state index contributed by atoms with van der Waals surface area (Å²) in [6.07, 6.45) is -4.61. The molecule has 1 aromatic rings. The van der Waals surface area contributed by atoms with Gasteiger partial charge in [-0.3, -0.25) is 0 Å². The summed E-state index contributed by atoms with van der Waals surface area (Å²) in [5, 5.41) is 8.73. The van der Waals surface area contributed by atoms with E-state index in [1.165, 1.54) is 29.0 Å². The lowest BCUT2D eigenvalue weighted by Crippen LogP contribution is -2.34. The first-order valence-corrected chi connectivity index (χ1v) is 6.41. The minimum absolute atomic E-state index is 0.120. The highest BCUT2D eigenvalue weighted by Crippen LogP contribution is 2.15. The monoisotopic (exact) mass is 278 g/mol. The van der Waals surface area contributed by atoms with E-state index in [0.717, 1.165) is 0 Å². The number of nitrogens with zero attached hydrogens (tertiary/aromatic N) is 1. The zero-order valence-electron chi connectivity index (χ0n) is 9.03. The lowest BCUT2D eigenvalue weighted by atomic mass is 10.1. The molecule has 0 heterocycles. The number of rotatable bonds is 4. The van der Waals surface area contributed by atoms with Crippen molar-refractivity contribution in [2.24, 2.45) is 0 Å². The fourth-order valence-electron chi connectivity index (χ4n) is 1.20. The molecule has 4 nitrogen and oxygen atoms in total. The molecule has 1 N–H and O–H groups in total. The highest BCUT2D eigenvalue weighted by molar-refractivity contribution is 7.88. The fourth-order valence-corrected chi connectivity index (χ4v) is 2.35. The molecule has 0 aliphatic heterocycles. The van der Waals surface area contributed by atoms with E-state index in [1.54, 1.807) is 6.07 Å². The number of halogens is 3. The van der Waals surface area contributed by atoms with Gasteiger partial charge in [0.2, 0.25) is 10.0 Å². The molecule has 0 saturated carbocycles. The topological polar surface area (TPSA) is 70.0 Å². The van der Waals surface area contributed by atoms with Gasteiger partial charge in [0.1, 0.15) is 6.54 Å². The SMILES string of the molecule is N#Cc1ccccc1CS(=O)(=O)NCC(F)(F)F. The average molecular weight is 278 g/mol. The number of hydrogen-bond donors (Lipinski definition) is 1. The van der Waals surface area contributed by atoms with Crippen LogP contribution in [0.2, 0.25) is 0 Å². The quantitative estimate of drug-likeness (QED) is 0.908. The summed E-state index contributed by atoms with van der Waals surface area (Å²) in [4.78, 5) is 0. The van der Waals surface area contributed by atoms with Crippen LogP contribution in [-0.4, -0.2) is 21.1 Å². The third-order valence-electron chi connectivity index (χ3n) is 1.98. The van der Waals surface area contributed by atoms with Crippen molar-refractivity contribution >= 4 is 10.0 Å². The molecule has 0 saturated heterocycles. The molecule has 0 fully saturated rings. The maximum Gasteiger partial charge on any atom is 0.402 e. The van der Waals surface area contributed by atoms with Crippen molar-refractivity contribution in [1.29, 1.82) is 5.26 Å². The summed E-state index contributed by atoms with van der Waals surface area (Å²) < 4.78 is 59.9. The number of nitriles is 1. The molecule has 8 heteroatoms. The van der Waals surface area contributed by atoms with Crippen LogP contribution in [0.25, 0.3) is 0 Å². The Morgan fingerprint density at radius 2 is 1.89 bits per heavy atom. The summed E-state index contributed by atoms with van der Waals surface area (Å²) >= 11 is 0. The normalized spacial score (nSPS) is 12.1. The Morgan fingerprint density at radius 1 is 1.28 bits per heavy atom.